The van der Waals surface area contributed by atoms with E-state index in [1.165, 1.54) is 0 Å². The fourth-order valence-corrected chi connectivity index (χ4v) is 4.36. The van der Waals surface area contributed by atoms with Crippen LogP contribution in [-0.2, 0) is 17.2 Å². The number of hydrogen-bond acceptors (Lipinski definition) is 6. The Bertz CT molecular complexity index is 942. The predicted octanol–water partition coefficient (Wildman–Crippen LogP) is 2.37. The van der Waals surface area contributed by atoms with Crippen LogP contribution in [0.3, 0.4) is 0 Å². The van der Waals surface area contributed by atoms with Gasteiger partial charge in [0.25, 0.3) is 0 Å². The van der Waals surface area contributed by atoms with Gasteiger partial charge in [-0.05, 0) is 24.6 Å². The van der Waals surface area contributed by atoms with E-state index in [0.717, 1.165) is 27.1 Å². The third-order valence-electron chi connectivity index (χ3n) is 4.08. The molecule has 0 fully saturated rings. The lowest BCUT2D eigenvalue weighted by atomic mass is 10.2. The van der Waals surface area contributed by atoms with Gasteiger partial charge in [0.2, 0.25) is 5.69 Å². The third kappa shape index (κ3) is 4.38. The van der Waals surface area contributed by atoms with Crippen LogP contribution in [0.25, 0.3) is 6.08 Å². The van der Waals surface area contributed by atoms with E-state index in [0.29, 0.717) is 6.54 Å². The van der Waals surface area contributed by atoms with Crippen molar-refractivity contribution in [3.05, 3.63) is 53.3 Å². The fourth-order valence-electron chi connectivity index (χ4n) is 2.76. The van der Waals surface area contributed by atoms with E-state index in [4.69, 9.17) is 4.74 Å². The number of thioether (sulfide) groups is 1. The molecule has 0 unspecified atom stereocenters. The van der Waals surface area contributed by atoms with Crippen molar-refractivity contribution >= 4 is 33.6 Å². The summed E-state index contributed by atoms with van der Waals surface area (Å²) in [4.78, 5) is 3.11. The second-order valence-corrected chi connectivity index (χ2v) is 8.51. The highest BCUT2D eigenvalue weighted by atomic mass is 32.2. The zero-order valence-electron chi connectivity index (χ0n) is 14.6. The van der Waals surface area contributed by atoms with Gasteiger partial charge in [0.05, 0.1) is 27.9 Å². The average Bonchev–Trinajstić information content (AvgIpc) is 2.92. The number of ether oxygens (including phenoxy) is 1. The smallest absolute Gasteiger partial charge is 0.207 e. The lowest BCUT2D eigenvalue weighted by Crippen LogP contribution is -2.31. The molecular formula is C18H20N2O4S2. The van der Waals surface area contributed by atoms with Gasteiger partial charge in [0.15, 0.2) is 6.20 Å². The number of rotatable bonds is 6. The van der Waals surface area contributed by atoms with Gasteiger partial charge >= 0.3 is 0 Å². The topological polar surface area (TPSA) is 73.5 Å². The van der Waals surface area contributed by atoms with Crippen LogP contribution in [0.5, 0.6) is 5.75 Å². The first-order valence-electron chi connectivity index (χ1n) is 8.11. The van der Waals surface area contributed by atoms with Crippen LogP contribution in [0.1, 0.15) is 12.1 Å². The van der Waals surface area contributed by atoms with Crippen molar-refractivity contribution in [3.63, 3.8) is 0 Å². The van der Waals surface area contributed by atoms with E-state index in [9.17, 15) is 13.0 Å². The van der Waals surface area contributed by atoms with Crippen LogP contribution >= 0.6 is 11.8 Å². The van der Waals surface area contributed by atoms with Crippen molar-refractivity contribution < 1.29 is 22.3 Å². The summed E-state index contributed by atoms with van der Waals surface area (Å²) in [5.74, 6) is 0.358. The summed E-state index contributed by atoms with van der Waals surface area (Å²) in [6.07, 6.45) is 4.29. The van der Waals surface area contributed by atoms with E-state index in [-0.39, 0.29) is 12.2 Å². The standard InChI is InChI=1S/C18H20N2O4S2/c1-19-9-4-3-6-14(19)12-18-20(10-5-11-26(21,22)23)16-13-15(24-2)7-8-17(16)25-18/h3-4,6-9,12-13H,5,10-11H2,1-2H3. The lowest BCUT2D eigenvalue weighted by molar-refractivity contribution is -0.673. The molecule has 1 aromatic heterocycles. The molecule has 1 aliphatic rings. The maximum atomic E-state index is 11.0. The lowest BCUT2D eigenvalue weighted by Gasteiger charge is -2.21. The molecule has 1 aliphatic heterocycles. The Morgan fingerprint density at radius 3 is 2.81 bits per heavy atom. The highest BCUT2D eigenvalue weighted by Crippen LogP contribution is 2.47. The molecule has 0 radical (unpaired) electrons. The summed E-state index contributed by atoms with van der Waals surface area (Å²) in [5, 5.41) is 0.985. The Morgan fingerprint density at radius 2 is 2.12 bits per heavy atom. The first-order valence-corrected chi connectivity index (χ1v) is 10.5. The number of methoxy groups -OCH3 is 1. The van der Waals surface area contributed by atoms with Crippen LogP contribution < -0.4 is 14.2 Å². The third-order valence-corrected chi connectivity index (χ3v) is 5.98. The summed E-state index contributed by atoms with van der Waals surface area (Å²) >= 11 is 1.62. The first kappa shape index (κ1) is 18.8. The van der Waals surface area contributed by atoms with Gasteiger partial charge in [-0.1, -0.05) is 11.8 Å². The van der Waals surface area contributed by atoms with Crippen molar-refractivity contribution in [3.8, 4) is 5.75 Å². The molecule has 8 heteroatoms. The fraction of sp³-hybridized carbons (Fsp3) is 0.278. The summed E-state index contributed by atoms with van der Waals surface area (Å²) in [7, 11) is -0.642. The highest BCUT2D eigenvalue weighted by Gasteiger charge is 2.26. The van der Waals surface area contributed by atoms with E-state index < -0.39 is 10.1 Å². The minimum Gasteiger partial charge on any atom is -0.748 e. The zero-order valence-corrected chi connectivity index (χ0v) is 16.2. The number of nitrogens with zero attached hydrogens (tertiary/aromatic N) is 2. The zero-order chi connectivity index (χ0) is 18.7. The Labute approximate surface area is 157 Å². The molecule has 6 nitrogen and oxygen atoms in total. The quantitative estimate of drug-likeness (QED) is 0.555. The molecule has 0 spiro atoms. The molecule has 0 N–H and O–H groups in total. The maximum Gasteiger partial charge on any atom is 0.207 e. The molecule has 0 atom stereocenters. The van der Waals surface area contributed by atoms with Crippen molar-refractivity contribution in [1.82, 2.24) is 0 Å². The number of aryl methyl sites for hydroxylation is 1. The Hall–Kier alpha value is -2.03. The van der Waals surface area contributed by atoms with Gasteiger partial charge in [-0.3, -0.25) is 0 Å². The minimum absolute atomic E-state index is 0.265. The second-order valence-electron chi connectivity index (χ2n) is 5.92. The Balaban J connectivity index is 1.94. The summed E-state index contributed by atoms with van der Waals surface area (Å²) in [6, 6.07) is 11.8. The summed E-state index contributed by atoms with van der Waals surface area (Å²) in [6.45, 7) is 0.441. The molecular weight excluding hydrogens is 372 g/mol. The molecule has 2 aromatic rings. The molecule has 138 valence electrons. The molecule has 1 aromatic carbocycles. The number of pyridine rings is 1. The summed E-state index contributed by atoms with van der Waals surface area (Å²) < 4.78 is 40.2. The number of benzene rings is 1. The van der Waals surface area contributed by atoms with Crippen molar-refractivity contribution in [2.45, 2.75) is 11.3 Å². The normalized spacial score (nSPS) is 15.3. The molecule has 0 amide bonds. The first-order chi connectivity index (χ1) is 12.4. The van der Waals surface area contributed by atoms with Crippen LogP contribution in [0, 0.1) is 0 Å². The van der Waals surface area contributed by atoms with Gasteiger partial charge in [-0.15, -0.1) is 0 Å². The predicted molar refractivity (Wildman–Crippen MR) is 101 cm³/mol. The minimum atomic E-state index is -4.22. The van der Waals surface area contributed by atoms with E-state index in [1.807, 2.05) is 59.1 Å². The van der Waals surface area contributed by atoms with E-state index >= 15 is 0 Å². The average molecular weight is 393 g/mol. The van der Waals surface area contributed by atoms with Gasteiger partial charge < -0.3 is 14.2 Å². The second kappa shape index (κ2) is 7.69. The van der Waals surface area contributed by atoms with Gasteiger partial charge in [-0.2, -0.15) is 0 Å². The molecule has 2 heterocycles. The van der Waals surface area contributed by atoms with Gasteiger partial charge in [0.1, 0.15) is 12.8 Å². The van der Waals surface area contributed by atoms with Crippen LogP contribution in [0.2, 0.25) is 0 Å². The Morgan fingerprint density at radius 1 is 1.31 bits per heavy atom. The van der Waals surface area contributed by atoms with E-state index in [2.05, 4.69) is 6.08 Å². The number of hydrogen-bond donors (Lipinski definition) is 0. The molecule has 26 heavy (non-hydrogen) atoms. The van der Waals surface area contributed by atoms with Crippen molar-refractivity contribution in [1.29, 1.82) is 0 Å². The van der Waals surface area contributed by atoms with Crippen LogP contribution in [0.4, 0.5) is 5.69 Å². The van der Waals surface area contributed by atoms with Crippen molar-refractivity contribution in [2.75, 3.05) is 24.3 Å². The van der Waals surface area contributed by atoms with E-state index in [1.54, 1.807) is 18.9 Å². The molecule has 0 saturated heterocycles. The number of fused-ring (bicyclic) bond motifs is 1. The molecule has 0 saturated carbocycles. The highest BCUT2D eigenvalue weighted by molar-refractivity contribution is 8.03. The largest absolute Gasteiger partial charge is 0.748 e. The molecule has 0 aliphatic carbocycles. The van der Waals surface area contributed by atoms with Crippen molar-refractivity contribution in [2.24, 2.45) is 7.05 Å². The monoisotopic (exact) mass is 392 g/mol. The molecule has 3 rings (SSSR count). The SMILES string of the molecule is COc1ccc2c(c1)N(CCCS(=O)(=O)[O-])C(=Cc1cccc[n+]1C)S2. The van der Waals surface area contributed by atoms with Crippen LogP contribution in [-0.4, -0.2) is 32.4 Å². The van der Waals surface area contributed by atoms with Crippen LogP contribution in [0.15, 0.2) is 52.5 Å². The Kier molecular flexibility index (Phi) is 5.55. The maximum absolute atomic E-state index is 11.0. The van der Waals surface area contributed by atoms with Gasteiger partial charge in [-0.25, -0.2) is 13.0 Å². The number of aromatic nitrogens is 1. The van der Waals surface area contributed by atoms with Gasteiger partial charge in [0, 0.05) is 41.5 Å². The molecule has 0 bridgehead atoms. The number of anilines is 1. The summed E-state index contributed by atoms with van der Waals surface area (Å²) in [5.41, 5.74) is 1.98.